The molecule has 0 aliphatic carbocycles. The predicted octanol–water partition coefficient (Wildman–Crippen LogP) is 2.71. The number of carboxylic acids is 1. The molecule has 17 heavy (non-hydrogen) atoms. The van der Waals surface area contributed by atoms with Crippen LogP contribution in [0.25, 0.3) is 0 Å². The number of hydrogen-bond acceptors (Lipinski definition) is 3. The summed E-state index contributed by atoms with van der Waals surface area (Å²) in [5.41, 5.74) is 0. The second-order valence-corrected chi connectivity index (χ2v) is 5.15. The molecule has 0 fully saturated rings. The van der Waals surface area contributed by atoms with Gasteiger partial charge in [0.25, 0.3) is 5.91 Å². The zero-order chi connectivity index (χ0) is 13.0. The van der Waals surface area contributed by atoms with E-state index in [4.69, 9.17) is 5.11 Å². The van der Waals surface area contributed by atoms with E-state index in [1.165, 1.54) is 6.07 Å². The molecule has 0 aliphatic rings. The average Bonchev–Trinajstić information content (AvgIpc) is 2.73. The Labute approximate surface area is 105 Å². The Hall–Kier alpha value is -1.36. The van der Waals surface area contributed by atoms with Gasteiger partial charge in [-0.05, 0) is 32.4 Å². The largest absolute Gasteiger partial charge is 0.477 e. The summed E-state index contributed by atoms with van der Waals surface area (Å²) >= 11 is 1.03. The van der Waals surface area contributed by atoms with Crippen LogP contribution in [0, 0.1) is 0 Å². The van der Waals surface area contributed by atoms with Crippen molar-refractivity contribution in [1.82, 2.24) is 4.90 Å². The van der Waals surface area contributed by atoms with E-state index in [1.54, 1.807) is 11.0 Å². The maximum atomic E-state index is 12.2. The van der Waals surface area contributed by atoms with E-state index in [9.17, 15) is 9.59 Å². The number of nitrogens with zero attached hydrogens (tertiary/aromatic N) is 1. The number of amides is 1. The summed E-state index contributed by atoms with van der Waals surface area (Å²) in [6, 6.07) is 3.18. The monoisotopic (exact) mass is 255 g/mol. The third-order valence-electron chi connectivity index (χ3n) is 2.38. The first-order valence-electron chi connectivity index (χ1n) is 5.61. The Morgan fingerprint density at radius 2 is 1.94 bits per heavy atom. The van der Waals surface area contributed by atoms with Crippen molar-refractivity contribution in [3.8, 4) is 0 Å². The molecule has 4 nitrogen and oxygen atoms in total. The van der Waals surface area contributed by atoms with Crippen molar-refractivity contribution in [2.45, 2.75) is 33.2 Å². The number of carboxylic acid groups (broad SMARTS) is 1. The molecule has 0 unspecified atom stereocenters. The quantitative estimate of drug-likeness (QED) is 0.880. The SMILES string of the molecule is CCCN(C(=O)c1ccc(C(=O)O)s1)C(C)C. The van der Waals surface area contributed by atoms with Crippen LogP contribution >= 0.6 is 11.3 Å². The molecule has 0 aromatic carbocycles. The summed E-state index contributed by atoms with van der Waals surface area (Å²) in [5.74, 6) is -1.07. The lowest BCUT2D eigenvalue weighted by atomic mass is 10.2. The van der Waals surface area contributed by atoms with Crippen molar-refractivity contribution in [2.75, 3.05) is 6.54 Å². The third kappa shape index (κ3) is 3.30. The zero-order valence-electron chi connectivity index (χ0n) is 10.3. The lowest BCUT2D eigenvalue weighted by molar-refractivity contribution is 0.0697. The third-order valence-corrected chi connectivity index (χ3v) is 3.44. The van der Waals surface area contributed by atoms with E-state index < -0.39 is 5.97 Å². The van der Waals surface area contributed by atoms with Crippen molar-refractivity contribution in [2.24, 2.45) is 0 Å². The minimum absolute atomic E-state index is 0.0839. The minimum Gasteiger partial charge on any atom is -0.477 e. The summed E-state index contributed by atoms with van der Waals surface area (Å²) in [5, 5.41) is 8.82. The molecule has 1 N–H and O–H groups in total. The van der Waals surface area contributed by atoms with Crippen LogP contribution in [0.2, 0.25) is 0 Å². The average molecular weight is 255 g/mol. The van der Waals surface area contributed by atoms with Gasteiger partial charge in [-0.25, -0.2) is 4.79 Å². The Kier molecular flexibility index (Phi) is 4.69. The van der Waals surface area contributed by atoms with Crippen molar-refractivity contribution in [3.63, 3.8) is 0 Å². The van der Waals surface area contributed by atoms with Crippen LogP contribution in [0.15, 0.2) is 12.1 Å². The normalized spacial score (nSPS) is 10.6. The summed E-state index contributed by atoms with van der Waals surface area (Å²) in [7, 11) is 0. The van der Waals surface area contributed by atoms with Gasteiger partial charge in [-0.3, -0.25) is 4.79 Å². The van der Waals surface area contributed by atoms with E-state index in [2.05, 4.69) is 0 Å². The van der Waals surface area contributed by atoms with Gasteiger partial charge in [0.1, 0.15) is 4.88 Å². The number of rotatable bonds is 5. The fraction of sp³-hybridized carbons (Fsp3) is 0.500. The van der Waals surface area contributed by atoms with E-state index >= 15 is 0 Å². The van der Waals surface area contributed by atoms with Crippen LogP contribution < -0.4 is 0 Å². The van der Waals surface area contributed by atoms with Crippen LogP contribution in [0.3, 0.4) is 0 Å². The molecule has 0 aliphatic heterocycles. The topological polar surface area (TPSA) is 57.6 Å². The number of aromatic carboxylic acids is 1. The number of carbonyl (C=O) groups is 2. The highest BCUT2D eigenvalue weighted by Gasteiger charge is 2.20. The molecule has 1 rings (SSSR count). The fourth-order valence-corrected chi connectivity index (χ4v) is 2.35. The van der Waals surface area contributed by atoms with Gasteiger partial charge in [-0.1, -0.05) is 6.92 Å². The predicted molar refractivity (Wildman–Crippen MR) is 67.7 cm³/mol. The maximum Gasteiger partial charge on any atom is 0.345 e. The van der Waals surface area contributed by atoms with E-state index in [0.29, 0.717) is 11.4 Å². The Morgan fingerprint density at radius 1 is 1.35 bits per heavy atom. The Morgan fingerprint density at radius 3 is 2.35 bits per heavy atom. The van der Waals surface area contributed by atoms with Crippen LogP contribution in [-0.2, 0) is 0 Å². The Bertz CT molecular complexity index is 412. The van der Waals surface area contributed by atoms with Crippen molar-refractivity contribution < 1.29 is 14.7 Å². The lowest BCUT2D eigenvalue weighted by Crippen LogP contribution is -2.37. The Balaban J connectivity index is 2.89. The van der Waals surface area contributed by atoms with Crippen LogP contribution in [0.1, 0.15) is 46.5 Å². The first kappa shape index (κ1) is 13.7. The molecule has 1 heterocycles. The van der Waals surface area contributed by atoms with Gasteiger partial charge in [0.05, 0.1) is 4.88 Å². The zero-order valence-corrected chi connectivity index (χ0v) is 11.1. The van der Waals surface area contributed by atoms with Gasteiger partial charge in [-0.15, -0.1) is 11.3 Å². The summed E-state index contributed by atoms with van der Waals surface area (Å²) in [4.78, 5) is 25.4. The van der Waals surface area contributed by atoms with Gasteiger partial charge in [0.15, 0.2) is 0 Å². The molecule has 0 saturated carbocycles. The molecule has 5 heteroatoms. The van der Waals surface area contributed by atoms with Crippen LogP contribution in [-0.4, -0.2) is 34.5 Å². The highest BCUT2D eigenvalue weighted by molar-refractivity contribution is 7.15. The first-order valence-corrected chi connectivity index (χ1v) is 6.43. The van der Waals surface area contributed by atoms with E-state index in [0.717, 1.165) is 17.8 Å². The molecule has 1 aromatic rings. The molecule has 94 valence electrons. The van der Waals surface area contributed by atoms with Crippen molar-refractivity contribution >= 4 is 23.2 Å². The second kappa shape index (κ2) is 5.82. The highest BCUT2D eigenvalue weighted by atomic mass is 32.1. The smallest absolute Gasteiger partial charge is 0.345 e. The van der Waals surface area contributed by atoms with Crippen molar-refractivity contribution in [3.05, 3.63) is 21.9 Å². The highest BCUT2D eigenvalue weighted by Crippen LogP contribution is 2.19. The number of hydrogen-bond donors (Lipinski definition) is 1. The molecule has 1 amide bonds. The van der Waals surface area contributed by atoms with Gasteiger partial charge < -0.3 is 10.0 Å². The fourth-order valence-electron chi connectivity index (χ4n) is 1.54. The molecule has 1 aromatic heterocycles. The molecule has 0 radical (unpaired) electrons. The van der Waals surface area contributed by atoms with Gasteiger partial charge in [0.2, 0.25) is 0 Å². The van der Waals surface area contributed by atoms with E-state index in [-0.39, 0.29) is 16.8 Å². The molecular formula is C12H17NO3S. The molecule has 0 saturated heterocycles. The summed E-state index contributed by atoms with van der Waals surface area (Å²) < 4.78 is 0. The minimum atomic E-state index is -0.986. The van der Waals surface area contributed by atoms with Gasteiger partial charge >= 0.3 is 5.97 Å². The van der Waals surface area contributed by atoms with E-state index in [1.807, 2.05) is 20.8 Å². The summed E-state index contributed by atoms with van der Waals surface area (Å²) in [6.07, 6.45) is 0.890. The van der Waals surface area contributed by atoms with Crippen LogP contribution in [0.5, 0.6) is 0 Å². The molecule has 0 bridgehead atoms. The van der Waals surface area contributed by atoms with Gasteiger partial charge in [-0.2, -0.15) is 0 Å². The number of thiophene rings is 1. The standard InChI is InChI=1S/C12H17NO3S/c1-4-7-13(8(2)3)11(14)9-5-6-10(17-9)12(15)16/h5-6,8H,4,7H2,1-3H3,(H,15,16). The second-order valence-electron chi connectivity index (χ2n) is 4.06. The van der Waals surface area contributed by atoms with Crippen molar-refractivity contribution in [1.29, 1.82) is 0 Å². The summed E-state index contributed by atoms with van der Waals surface area (Å²) in [6.45, 7) is 6.62. The van der Waals surface area contributed by atoms with Gasteiger partial charge in [0, 0.05) is 12.6 Å². The lowest BCUT2D eigenvalue weighted by Gasteiger charge is -2.25. The number of carbonyl (C=O) groups excluding carboxylic acids is 1. The molecular weight excluding hydrogens is 238 g/mol. The molecule has 0 spiro atoms. The molecule has 0 atom stereocenters. The first-order chi connectivity index (χ1) is 7.97. The maximum absolute atomic E-state index is 12.2. The van der Waals surface area contributed by atoms with Crippen LogP contribution in [0.4, 0.5) is 0 Å².